The van der Waals surface area contributed by atoms with Crippen molar-refractivity contribution in [1.82, 2.24) is 4.31 Å². The lowest BCUT2D eigenvalue weighted by atomic mass is 9.95. The molecule has 0 heterocycles. The second-order valence-corrected chi connectivity index (χ2v) is 5.45. The summed E-state index contributed by atoms with van der Waals surface area (Å²) < 4.78 is 2.56. The van der Waals surface area contributed by atoms with Gasteiger partial charge in [0.25, 0.3) is 0 Å². The number of hydrogen-bond donors (Lipinski definition) is 1. The van der Waals surface area contributed by atoms with E-state index in [0.29, 0.717) is 0 Å². The van der Waals surface area contributed by atoms with Crippen LogP contribution in [0.25, 0.3) is 0 Å². The molecular formula is C10H21NS2. The average Bonchev–Trinajstić information content (AvgIpc) is 2.19. The Bertz CT molecular complexity index is 118. The van der Waals surface area contributed by atoms with Crippen molar-refractivity contribution in [2.45, 2.75) is 51.5 Å². The summed E-state index contributed by atoms with van der Waals surface area (Å²) in [6.07, 6.45) is 8.37. The first-order valence-corrected chi connectivity index (χ1v) is 6.96. The Hall–Kier alpha value is 0.660. The van der Waals surface area contributed by atoms with Gasteiger partial charge in [0, 0.05) is 12.6 Å². The predicted molar refractivity (Wildman–Crippen MR) is 65.3 cm³/mol. The topological polar surface area (TPSA) is 3.24 Å². The molecule has 0 aromatic heterocycles. The fourth-order valence-corrected chi connectivity index (χ4v) is 3.34. The Kier molecular flexibility index (Phi) is 6.33. The van der Waals surface area contributed by atoms with Crippen molar-refractivity contribution in [3.8, 4) is 0 Å². The Morgan fingerprint density at radius 3 is 2.54 bits per heavy atom. The van der Waals surface area contributed by atoms with E-state index in [2.05, 4.69) is 23.9 Å². The molecule has 1 saturated carbocycles. The largest absolute Gasteiger partial charge is 0.247 e. The lowest BCUT2D eigenvalue weighted by molar-refractivity contribution is 0.273. The van der Waals surface area contributed by atoms with Crippen LogP contribution in [0.15, 0.2) is 0 Å². The summed E-state index contributed by atoms with van der Waals surface area (Å²) in [4.78, 5) is 0. The molecule has 0 spiro atoms. The molecule has 0 atom stereocenters. The van der Waals surface area contributed by atoms with E-state index in [-0.39, 0.29) is 0 Å². The van der Waals surface area contributed by atoms with Crippen molar-refractivity contribution in [3.05, 3.63) is 0 Å². The van der Waals surface area contributed by atoms with Gasteiger partial charge in [-0.3, -0.25) is 0 Å². The van der Waals surface area contributed by atoms with E-state index in [1.165, 1.54) is 45.1 Å². The van der Waals surface area contributed by atoms with E-state index in [1.54, 1.807) is 0 Å². The summed E-state index contributed by atoms with van der Waals surface area (Å²) in [7, 11) is 0. The van der Waals surface area contributed by atoms with Gasteiger partial charge in [-0.15, -0.1) is 0 Å². The third kappa shape index (κ3) is 4.13. The maximum atomic E-state index is 4.29. The molecule has 13 heavy (non-hydrogen) atoms. The Labute approximate surface area is 92.2 Å². The third-order valence-corrected chi connectivity index (χ3v) is 3.92. The van der Waals surface area contributed by atoms with Crippen LogP contribution in [-0.2, 0) is 0 Å². The molecule has 3 heteroatoms. The van der Waals surface area contributed by atoms with Gasteiger partial charge in [0.15, 0.2) is 0 Å². The zero-order valence-electron chi connectivity index (χ0n) is 8.54. The van der Waals surface area contributed by atoms with E-state index in [0.717, 1.165) is 11.1 Å². The van der Waals surface area contributed by atoms with E-state index < -0.39 is 0 Å². The minimum Gasteiger partial charge on any atom is -0.247 e. The molecule has 0 unspecified atom stereocenters. The summed E-state index contributed by atoms with van der Waals surface area (Å²) in [6.45, 7) is 3.49. The van der Waals surface area contributed by atoms with Crippen LogP contribution in [0.5, 0.6) is 0 Å². The van der Waals surface area contributed by atoms with Crippen molar-refractivity contribution < 1.29 is 0 Å². The monoisotopic (exact) mass is 219 g/mol. The van der Waals surface area contributed by atoms with Gasteiger partial charge >= 0.3 is 0 Å². The lowest BCUT2D eigenvalue weighted by Gasteiger charge is -2.32. The number of hydrogen-bond acceptors (Lipinski definition) is 3. The lowest BCUT2D eigenvalue weighted by Crippen LogP contribution is -2.32. The van der Waals surface area contributed by atoms with Crippen LogP contribution in [0.3, 0.4) is 0 Å². The molecule has 0 N–H and O–H groups in total. The molecule has 0 aromatic rings. The van der Waals surface area contributed by atoms with Crippen LogP contribution in [0.1, 0.15) is 45.4 Å². The summed E-state index contributed by atoms with van der Waals surface area (Å²) in [5.74, 6) is 0. The standard InChI is InChI=1S/C10H21NS2/c1-2-8-11(13-9-12)10-6-4-3-5-7-10/h10,12H,2-9H2,1H3. The fraction of sp³-hybridized carbons (Fsp3) is 1.00. The van der Waals surface area contributed by atoms with Gasteiger partial charge in [0.1, 0.15) is 0 Å². The molecular weight excluding hydrogens is 198 g/mol. The molecule has 1 aliphatic rings. The van der Waals surface area contributed by atoms with Crippen LogP contribution in [0.4, 0.5) is 0 Å². The highest BCUT2D eigenvalue weighted by atomic mass is 32.2. The molecule has 0 saturated heterocycles. The number of nitrogens with zero attached hydrogens (tertiary/aromatic N) is 1. The van der Waals surface area contributed by atoms with Crippen molar-refractivity contribution in [2.24, 2.45) is 0 Å². The molecule has 78 valence electrons. The van der Waals surface area contributed by atoms with E-state index in [1.807, 2.05) is 11.9 Å². The zero-order chi connectivity index (χ0) is 9.52. The van der Waals surface area contributed by atoms with Crippen molar-refractivity contribution in [3.63, 3.8) is 0 Å². The van der Waals surface area contributed by atoms with Crippen molar-refractivity contribution >= 4 is 24.6 Å². The van der Waals surface area contributed by atoms with E-state index >= 15 is 0 Å². The highest BCUT2D eigenvalue weighted by Crippen LogP contribution is 2.27. The molecule has 0 amide bonds. The zero-order valence-corrected chi connectivity index (χ0v) is 10.2. The quantitative estimate of drug-likeness (QED) is 0.428. The maximum absolute atomic E-state index is 4.29. The molecule has 1 aliphatic carbocycles. The van der Waals surface area contributed by atoms with Gasteiger partial charge in [-0.1, -0.05) is 38.1 Å². The smallest absolute Gasteiger partial charge is 0.0509 e. The van der Waals surface area contributed by atoms with Gasteiger partial charge in [0.2, 0.25) is 0 Å². The van der Waals surface area contributed by atoms with Crippen LogP contribution < -0.4 is 0 Å². The first-order valence-electron chi connectivity index (χ1n) is 5.39. The third-order valence-electron chi connectivity index (χ3n) is 2.65. The van der Waals surface area contributed by atoms with Gasteiger partial charge in [-0.05, 0) is 19.3 Å². The minimum absolute atomic E-state index is 0.839. The van der Waals surface area contributed by atoms with E-state index in [4.69, 9.17) is 0 Å². The van der Waals surface area contributed by atoms with Crippen LogP contribution in [0.2, 0.25) is 0 Å². The molecule has 0 radical (unpaired) electrons. The summed E-state index contributed by atoms with van der Waals surface area (Å²) in [6, 6.07) is 0.839. The maximum Gasteiger partial charge on any atom is 0.0509 e. The van der Waals surface area contributed by atoms with Crippen LogP contribution in [-0.4, -0.2) is 22.0 Å². The summed E-state index contributed by atoms with van der Waals surface area (Å²) in [5, 5.41) is 0.927. The van der Waals surface area contributed by atoms with Gasteiger partial charge in [0.05, 0.1) is 5.08 Å². The summed E-state index contributed by atoms with van der Waals surface area (Å²) >= 11 is 6.20. The molecule has 1 nitrogen and oxygen atoms in total. The highest BCUT2D eigenvalue weighted by molar-refractivity contribution is 8.07. The SMILES string of the molecule is CCCN(SCS)C1CCCCC1. The molecule has 0 aliphatic heterocycles. The first-order chi connectivity index (χ1) is 6.38. The second kappa shape index (κ2) is 7.02. The normalized spacial score (nSPS) is 19.6. The molecule has 1 rings (SSSR count). The number of thiol groups is 1. The van der Waals surface area contributed by atoms with E-state index in [9.17, 15) is 0 Å². The van der Waals surface area contributed by atoms with Gasteiger partial charge < -0.3 is 0 Å². The Balaban J connectivity index is 2.32. The highest BCUT2D eigenvalue weighted by Gasteiger charge is 2.20. The van der Waals surface area contributed by atoms with Gasteiger partial charge in [-0.2, -0.15) is 12.6 Å². The Morgan fingerprint density at radius 2 is 2.00 bits per heavy atom. The predicted octanol–water partition coefficient (Wildman–Crippen LogP) is 3.57. The summed E-state index contributed by atoms with van der Waals surface area (Å²) in [5.41, 5.74) is 0. The van der Waals surface area contributed by atoms with Gasteiger partial charge in [-0.25, -0.2) is 4.31 Å². The average molecular weight is 219 g/mol. The van der Waals surface area contributed by atoms with Crippen molar-refractivity contribution in [2.75, 3.05) is 11.6 Å². The first kappa shape index (κ1) is 11.7. The van der Waals surface area contributed by atoms with Crippen LogP contribution in [0, 0.1) is 0 Å². The molecule has 0 bridgehead atoms. The Morgan fingerprint density at radius 1 is 1.31 bits per heavy atom. The number of rotatable bonds is 5. The molecule has 1 fully saturated rings. The molecule has 0 aromatic carbocycles. The fourth-order valence-electron chi connectivity index (χ4n) is 2.02. The second-order valence-electron chi connectivity index (χ2n) is 3.69. The minimum atomic E-state index is 0.839. The van der Waals surface area contributed by atoms with Crippen LogP contribution >= 0.6 is 24.6 Å². The van der Waals surface area contributed by atoms with Crippen molar-refractivity contribution in [1.29, 1.82) is 0 Å².